The van der Waals surface area contributed by atoms with Crippen molar-refractivity contribution in [1.29, 1.82) is 0 Å². The highest BCUT2D eigenvalue weighted by Gasteiger charge is 2.50. The van der Waals surface area contributed by atoms with Crippen LogP contribution in [0.5, 0.6) is 17.2 Å². The number of hydrogen-bond donors (Lipinski definition) is 11. The van der Waals surface area contributed by atoms with Gasteiger partial charge in [-0.05, 0) is 24.3 Å². The molecule has 0 spiro atoms. The molecule has 42 heavy (non-hydrogen) atoms. The van der Waals surface area contributed by atoms with Crippen molar-refractivity contribution in [3.8, 4) is 28.6 Å². The number of benzene rings is 2. The summed E-state index contributed by atoms with van der Waals surface area (Å²) in [5.74, 6) is -2.20. The van der Waals surface area contributed by atoms with Gasteiger partial charge in [0.2, 0.25) is 0 Å². The van der Waals surface area contributed by atoms with Gasteiger partial charge in [0.25, 0.3) is 0 Å². The molecule has 3 aromatic rings. The number of aromatic hydroxyl groups is 3. The van der Waals surface area contributed by atoms with Crippen LogP contribution in [0, 0.1) is 0 Å². The van der Waals surface area contributed by atoms with Crippen LogP contribution in [0.15, 0.2) is 39.5 Å². The van der Waals surface area contributed by atoms with Crippen LogP contribution in [-0.2, 0) is 9.47 Å². The smallest absolute Gasteiger partial charge is 0.197 e. The SMILES string of the molecule is O=c1cc(-c2ccc(O)cc2)oc2c([C@@H]3O[C@H](CO)[C@H](O)[C@H](O)[C@H]3O)c(O)c([C@@H]3O[C@H](CO)[C@@H](O)[C@H](O)[C@H]3O)c(O)c12. The van der Waals surface area contributed by atoms with E-state index < -0.39 is 113 Å². The van der Waals surface area contributed by atoms with Gasteiger partial charge in [-0.1, -0.05) is 0 Å². The highest BCUT2D eigenvalue weighted by atomic mass is 16.6. The van der Waals surface area contributed by atoms with Gasteiger partial charge in [-0.15, -0.1) is 0 Å². The van der Waals surface area contributed by atoms with Gasteiger partial charge in [0.05, 0.1) is 24.3 Å². The fourth-order valence-electron chi connectivity index (χ4n) is 5.39. The molecule has 15 nitrogen and oxygen atoms in total. The number of aliphatic hydroxyl groups is 8. The van der Waals surface area contributed by atoms with Gasteiger partial charge in [0, 0.05) is 11.6 Å². The number of fused-ring (bicyclic) bond motifs is 1. The van der Waals surface area contributed by atoms with E-state index in [1.165, 1.54) is 24.3 Å². The van der Waals surface area contributed by atoms with Crippen molar-refractivity contribution in [1.82, 2.24) is 0 Å². The van der Waals surface area contributed by atoms with Crippen LogP contribution in [0.2, 0.25) is 0 Å². The average molecular weight is 595 g/mol. The summed E-state index contributed by atoms with van der Waals surface area (Å²) >= 11 is 0. The molecule has 2 saturated heterocycles. The Hall–Kier alpha value is -3.35. The molecule has 2 aromatic carbocycles. The van der Waals surface area contributed by atoms with E-state index in [9.17, 15) is 61.0 Å². The number of aliphatic hydroxyl groups excluding tert-OH is 8. The highest BCUT2D eigenvalue weighted by Crippen LogP contribution is 2.51. The van der Waals surface area contributed by atoms with E-state index >= 15 is 0 Å². The summed E-state index contributed by atoms with van der Waals surface area (Å²) in [6.45, 7) is -1.70. The predicted molar refractivity (Wildman–Crippen MR) is 138 cm³/mol. The van der Waals surface area contributed by atoms with Gasteiger partial charge in [-0.25, -0.2) is 0 Å². The van der Waals surface area contributed by atoms with E-state index in [1.54, 1.807) is 0 Å². The molecule has 1 aromatic heterocycles. The average Bonchev–Trinajstić information content (AvgIpc) is 2.97. The molecule has 10 atom stereocenters. The summed E-state index contributed by atoms with van der Waals surface area (Å²) in [5.41, 5.74) is -2.48. The van der Waals surface area contributed by atoms with Crippen molar-refractivity contribution < 1.29 is 70.1 Å². The zero-order valence-electron chi connectivity index (χ0n) is 21.6. The third-order valence-electron chi connectivity index (χ3n) is 7.70. The zero-order chi connectivity index (χ0) is 30.6. The van der Waals surface area contributed by atoms with Gasteiger partial charge in [-0.2, -0.15) is 0 Å². The number of phenols is 3. The predicted octanol–water partition coefficient (Wildman–Crippen LogP) is -2.39. The molecule has 228 valence electrons. The first-order valence-electron chi connectivity index (χ1n) is 12.9. The maximum absolute atomic E-state index is 13.5. The fourth-order valence-corrected chi connectivity index (χ4v) is 5.39. The second-order valence-corrected chi connectivity index (χ2v) is 10.2. The van der Waals surface area contributed by atoms with Crippen LogP contribution in [-0.4, -0.2) is 118 Å². The van der Waals surface area contributed by atoms with Crippen molar-refractivity contribution in [3.05, 3.63) is 51.7 Å². The molecule has 0 bridgehead atoms. The lowest BCUT2D eigenvalue weighted by atomic mass is 9.85. The second-order valence-electron chi connectivity index (χ2n) is 10.2. The Morgan fingerprint density at radius 1 is 0.643 bits per heavy atom. The highest BCUT2D eigenvalue weighted by molar-refractivity contribution is 5.92. The summed E-state index contributed by atoms with van der Waals surface area (Å²) < 4.78 is 17.0. The van der Waals surface area contributed by atoms with Crippen LogP contribution in [0.1, 0.15) is 23.3 Å². The minimum atomic E-state index is -2.02. The molecule has 0 unspecified atom stereocenters. The first-order valence-corrected chi connectivity index (χ1v) is 12.9. The van der Waals surface area contributed by atoms with Crippen LogP contribution in [0.3, 0.4) is 0 Å². The maximum atomic E-state index is 13.5. The van der Waals surface area contributed by atoms with E-state index in [0.29, 0.717) is 0 Å². The molecule has 0 radical (unpaired) electrons. The fraction of sp³-hybridized carbons (Fsp3) is 0.444. The number of phenolic OH excluding ortho intramolecular Hbond substituents is 3. The van der Waals surface area contributed by atoms with Crippen molar-refractivity contribution in [2.75, 3.05) is 13.2 Å². The van der Waals surface area contributed by atoms with Crippen molar-refractivity contribution in [2.24, 2.45) is 0 Å². The number of rotatable bonds is 5. The van der Waals surface area contributed by atoms with Crippen molar-refractivity contribution in [3.63, 3.8) is 0 Å². The first-order chi connectivity index (χ1) is 19.9. The Bertz CT molecular complexity index is 1500. The third-order valence-corrected chi connectivity index (χ3v) is 7.70. The normalized spacial score (nSPS) is 33.6. The monoisotopic (exact) mass is 594 g/mol. The summed E-state index contributed by atoms with van der Waals surface area (Å²) in [6, 6.07) is 6.37. The summed E-state index contributed by atoms with van der Waals surface area (Å²) in [6.07, 6.45) is -18.2. The van der Waals surface area contributed by atoms with Gasteiger partial charge in [0.15, 0.2) is 11.0 Å². The molecule has 0 saturated carbocycles. The molecule has 0 aliphatic carbocycles. The van der Waals surface area contributed by atoms with Crippen LogP contribution < -0.4 is 5.43 Å². The largest absolute Gasteiger partial charge is 0.508 e. The third kappa shape index (κ3) is 4.79. The van der Waals surface area contributed by atoms with Crippen molar-refractivity contribution in [2.45, 2.75) is 61.0 Å². The van der Waals surface area contributed by atoms with E-state index in [-0.39, 0.29) is 17.1 Å². The van der Waals surface area contributed by atoms with E-state index in [1.807, 2.05) is 0 Å². The second kappa shape index (κ2) is 11.4. The first kappa shape index (κ1) is 30.1. The number of hydrogen-bond acceptors (Lipinski definition) is 15. The topological polar surface area (TPSA) is 271 Å². The lowest BCUT2D eigenvalue weighted by Gasteiger charge is -2.42. The van der Waals surface area contributed by atoms with Crippen LogP contribution in [0.25, 0.3) is 22.3 Å². The summed E-state index contributed by atoms with van der Waals surface area (Å²) in [4.78, 5) is 13.5. The van der Waals surface area contributed by atoms with Crippen LogP contribution >= 0.6 is 0 Å². The minimum absolute atomic E-state index is 0.0941. The molecule has 2 fully saturated rings. The molecule has 2 aliphatic rings. The molecule has 5 rings (SSSR count). The molecule has 0 amide bonds. The number of ether oxygens (including phenoxy) is 2. The van der Waals surface area contributed by atoms with Gasteiger partial charge >= 0.3 is 0 Å². The zero-order valence-corrected chi connectivity index (χ0v) is 21.6. The standard InChI is InChI=1S/C27H30O15/c28-6-12-17(32)21(36)23(38)26(41-12)15-19(34)14-10(31)5-11(8-1-3-9(30)4-2-8)40-25(14)16(20(15)35)27-24(39)22(37)18(33)13(7-29)42-27/h1-5,12-13,17-18,21-24,26-30,32-39H,6-7H2/t12-,13-,17-,18+,21+,22+,23-,24-,26+,27+/m1/s1. The summed E-state index contributed by atoms with van der Waals surface area (Å²) in [7, 11) is 0. The summed E-state index contributed by atoms with van der Waals surface area (Å²) in [5, 5.41) is 114. The Morgan fingerprint density at radius 3 is 1.64 bits per heavy atom. The van der Waals surface area contributed by atoms with Gasteiger partial charge in [-0.3, -0.25) is 4.79 Å². The molecular weight excluding hydrogens is 564 g/mol. The van der Waals surface area contributed by atoms with Gasteiger partial charge in [0.1, 0.15) is 89.4 Å². The molecule has 3 heterocycles. The lowest BCUT2D eigenvalue weighted by Crippen LogP contribution is -2.55. The van der Waals surface area contributed by atoms with Crippen molar-refractivity contribution >= 4 is 11.0 Å². The Balaban J connectivity index is 1.82. The molecule has 2 aliphatic heterocycles. The lowest BCUT2D eigenvalue weighted by molar-refractivity contribution is -0.234. The maximum Gasteiger partial charge on any atom is 0.197 e. The molecule has 15 heteroatoms. The van der Waals surface area contributed by atoms with Crippen LogP contribution in [0.4, 0.5) is 0 Å². The van der Waals surface area contributed by atoms with E-state index in [2.05, 4.69) is 0 Å². The molecular formula is C27H30O15. The van der Waals surface area contributed by atoms with E-state index in [0.717, 1.165) is 6.07 Å². The van der Waals surface area contributed by atoms with Gasteiger partial charge < -0.3 is 70.1 Å². The quantitative estimate of drug-likeness (QED) is 0.147. The Labute approximate surface area is 235 Å². The minimum Gasteiger partial charge on any atom is -0.508 e. The molecule has 11 N–H and O–H groups in total. The Kier molecular flexibility index (Phi) is 8.16. The Morgan fingerprint density at radius 2 is 1.14 bits per heavy atom. The van der Waals surface area contributed by atoms with E-state index in [4.69, 9.17) is 13.9 Å².